The van der Waals surface area contributed by atoms with E-state index in [0.717, 1.165) is 5.56 Å². The highest BCUT2D eigenvalue weighted by Crippen LogP contribution is 2.26. The van der Waals surface area contributed by atoms with Gasteiger partial charge in [-0.3, -0.25) is 4.79 Å². The van der Waals surface area contributed by atoms with Crippen molar-refractivity contribution < 1.29 is 9.90 Å². The first kappa shape index (κ1) is 16.0. The molecule has 0 aliphatic rings. The van der Waals surface area contributed by atoms with Crippen LogP contribution in [-0.4, -0.2) is 23.1 Å². The van der Waals surface area contributed by atoms with E-state index in [1.54, 1.807) is 18.2 Å². The third-order valence-corrected chi connectivity index (χ3v) is 2.83. The Morgan fingerprint density at radius 3 is 2.53 bits per heavy atom. The molecule has 1 aromatic rings. The number of halogens is 1. The minimum absolute atomic E-state index is 0.0547. The second kappa shape index (κ2) is 6.37. The summed E-state index contributed by atoms with van der Waals surface area (Å²) in [7, 11) is 0. The van der Waals surface area contributed by atoms with Crippen LogP contribution in [0.3, 0.4) is 0 Å². The van der Waals surface area contributed by atoms with Crippen molar-refractivity contribution in [3.8, 4) is 0 Å². The number of amides is 1. The summed E-state index contributed by atoms with van der Waals surface area (Å²) in [5, 5.41) is 16.3. The van der Waals surface area contributed by atoms with Crippen molar-refractivity contribution >= 4 is 23.2 Å². The minimum atomic E-state index is -0.636. The fraction of sp³-hybridized carbons (Fsp3) is 0.500. The lowest BCUT2D eigenvalue weighted by Crippen LogP contribution is -2.38. The van der Waals surface area contributed by atoms with Gasteiger partial charge in [-0.25, -0.2) is 0 Å². The fourth-order valence-electron chi connectivity index (χ4n) is 1.55. The number of anilines is 1. The predicted molar refractivity (Wildman–Crippen MR) is 78.5 cm³/mol. The first-order valence-corrected chi connectivity index (χ1v) is 6.57. The third kappa shape index (κ3) is 5.59. The summed E-state index contributed by atoms with van der Waals surface area (Å²) in [4.78, 5) is 11.0. The van der Waals surface area contributed by atoms with Gasteiger partial charge in [0.1, 0.15) is 0 Å². The Morgan fingerprint density at radius 2 is 2.05 bits per heavy atom. The molecule has 0 saturated heterocycles. The maximum absolute atomic E-state index is 11.0. The maximum atomic E-state index is 11.0. The van der Waals surface area contributed by atoms with E-state index in [1.807, 2.05) is 20.8 Å². The van der Waals surface area contributed by atoms with Gasteiger partial charge in [0.25, 0.3) is 0 Å². The first-order valence-electron chi connectivity index (χ1n) is 6.19. The van der Waals surface area contributed by atoms with Gasteiger partial charge >= 0.3 is 0 Å². The van der Waals surface area contributed by atoms with Gasteiger partial charge in [-0.1, -0.05) is 17.7 Å². The lowest BCUT2D eigenvalue weighted by molar-refractivity contribution is -0.114. The van der Waals surface area contributed by atoms with Gasteiger partial charge < -0.3 is 15.7 Å². The SMILES string of the molecule is CC(=O)Nc1ccc(C(O)CNC(C)(C)C)cc1Cl. The molecular formula is C14H21ClN2O2. The van der Waals surface area contributed by atoms with Crippen LogP contribution in [0.5, 0.6) is 0 Å². The van der Waals surface area contributed by atoms with Crippen LogP contribution in [0.15, 0.2) is 18.2 Å². The molecule has 0 spiro atoms. The van der Waals surface area contributed by atoms with E-state index < -0.39 is 6.10 Å². The molecule has 0 aliphatic heterocycles. The number of hydrogen-bond acceptors (Lipinski definition) is 3. The fourth-order valence-corrected chi connectivity index (χ4v) is 1.79. The zero-order valence-corrected chi connectivity index (χ0v) is 12.5. The van der Waals surface area contributed by atoms with E-state index in [1.165, 1.54) is 6.92 Å². The number of hydrogen-bond donors (Lipinski definition) is 3. The van der Waals surface area contributed by atoms with Gasteiger partial charge in [-0.2, -0.15) is 0 Å². The largest absolute Gasteiger partial charge is 0.387 e. The molecule has 4 nitrogen and oxygen atoms in total. The van der Waals surface area contributed by atoms with Crippen LogP contribution in [0.1, 0.15) is 39.4 Å². The summed E-state index contributed by atoms with van der Waals surface area (Å²) in [5.41, 5.74) is 1.21. The molecule has 1 unspecified atom stereocenters. The zero-order chi connectivity index (χ0) is 14.6. The molecule has 5 heteroatoms. The van der Waals surface area contributed by atoms with E-state index >= 15 is 0 Å². The Morgan fingerprint density at radius 1 is 1.42 bits per heavy atom. The lowest BCUT2D eigenvalue weighted by atomic mass is 10.1. The summed E-state index contributed by atoms with van der Waals surface area (Å²) in [6.45, 7) is 7.97. The summed E-state index contributed by atoms with van der Waals surface area (Å²) < 4.78 is 0. The van der Waals surface area contributed by atoms with Crippen molar-refractivity contribution in [2.75, 3.05) is 11.9 Å². The Labute approximate surface area is 119 Å². The number of β-amino-alcohol motifs (C(OH)–C–C–N with tert-alkyl or cyclic N) is 1. The first-order chi connectivity index (χ1) is 8.69. The number of nitrogens with one attached hydrogen (secondary N) is 2. The monoisotopic (exact) mass is 284 g/mol. The predicted octanol–water partition coefficient (Wildman–Crippen LogP) is 2.72. The Balaban J connectivity index is 2.74. The van der Waals surface area contributed by atoms with E-state index in [9.17, 15) is 9.90 Å². The highest BCUT2D eigenvalue weighted by molar-refractivity contribution is 6.33. The van der Waals surface area contributed by atoms with Crippen LogP contribution in [0.25, 0.3) is 0 Å². The highest BCUT2D eigenvalue weighted by atomic mass is 35.5. The standard InChI is InChI=1S/C14H21ClN2O2/c1-9(18)17-12-6-5-10(7-11(12)15)13(19)8-16-14(2,3)4/h5-7,13,16,19H,8H2,1-4H3,(H,17,18). The number of carbonyl (C=O) groups is 1. The summed E-state index contributed by atoms with van der Waals surface area (Å²) in [6.07, 6.45) is -0.636. The number of aliphatic hydroxyl groups excluding tert-OH is 1. The summed E-state index contributed by atoms with van der Waals surface area (Å²) >= 11 is 6.06. The van der Waals surface area contributed by atoms with Crippen LogP contribution < -0.4 is 10.6 Å². The topological polar surface area (TPSA) is 61.4 Å². The van der Waals surface area contributed by atoms with Crippen molar-refractivity contribution in [1.29, 1.82) is 0 Å². The van der Waals surface area contributed by atoms with Gasteiger partial charge in [0.15, 0.2) is 0 Å². The maximum Gasteiger partial charge on any atom is 0.221 e. The van der Waals surface area contributed by atoms with Crippen molar-refractivity contribution in [1.82, 2.24) is 5.32 Å². The van der Waals surface area contributed by atoms with Crippen LogP contribution in [0.2, 0.25) is 5.02 Å². The molecule has 0 heterocycles. The molecule has 106 valence electrons. The summed E-state index contributed by atoms with van der Waals surface area (Å²) in [5.74, 6) is -0.176. The van der Waals surface area contributed by atoms with E-state index in [-0.39, 0.29) is 11.4 Å². The second-order valence-electron chi connectivity index (χ2n) is 5.57. The van der Waals surface area contributed by atoms with Gasteiger partial charge in [-0.05, 0) is 38.5 Å². The average molecular weight is 285 g/mol. The molecule has 1 atom stereocenters. The quantitative estimate of drug-likeness (QED) is 0.797. The highest BCUT2D eigenvalue weighted by Gasteiger charge is 2.14. The average Bonchev–Trinajstić information content (AvgIpc) is 2.27. The molecule has 19 heavy (non-hydrogen) atoms. The number of rotatable bonds is 4. The van der Waals surface area contributed by atoms with Crippen molar-refractivity contribution in [3.63, 3.8) is 0 Å². The smallest absolute Gasteiger partial charge is 0.221 e. The van der Waals surface area contributed by atoms with Crippen molar-refractivity contribution in [2.24, 2.45) is 0 Å². The van der Waals surface area contributed by atoms with Crippen LogP contribution in [0, 0.1) is 0 Å². The lowest BCUT2D eigenvalue weighted by Gasteiger charge is -2.23. The van der Waals surface area contributed by atoms with Crippen LogP contribution in [0.4, 0.5) is 5.69 Å². The number of aliphatic hydroxyl groups is 1. The van der Waals surface area contributed by atoms with Gasteiger partial charge in [0, 0.05) is 19.0 Å². The van der Waals surface area contributed by atoms with Crippen LogP contribution >= 0.6 is 11.6 Å². The van der Waals surface area contributed by atoms with E-state index in [2.05, 4.69) is 10.6 Å². The summed E-state index contributed by atoms with van der Waals surface area (Å²) in [6, 6.07) is 5.12. The molecule has 0 aliphatic carbocycles. The van der Waals surface area contributed by atoms with Crippen molar-refractivity contribution in [3.05, 3.63) is 28.8 Å². The zero-order valence-electron chi connectivity index (χ0n) is 11.7. The van der Waals surface area contributed by atoms with Gasteiger partial charge in [0.2, 0.25) is 5.91 Å². The van der Waals surface area contributed by atoms with Gasteiger partial charge in [0.05, 0.1) is 16.8 Å². The number of carbonyl (C=O) groups excluding carboxylic acids is 1. The molecular weight excluding hydrogens is 264 g/mol. The van der Waals surface area contributed by atoms with E-state index in [4.69, 9.17) is 11.6 Å². The minimum Gasteiger partial charge on any atom is -0.387 e. The third-order valence-electron chi connectivity index (χ3n) is 2.51. The van der Waals surface area contributed by atoms with Gasteiger partial charge in [-0.15, -0.1) is 0 Å². The Hall–Kier alpha value is -1.10. The molecule has 0 fully saturated rings. The second-order valence-corrected chi connectivity index (χ2v) is 5.97. The molecule has 1 amide bonds. The molecule has 3 N–H and O–H groups in total. The molecule has 0 radical (unpaired) electrons. The molecule has 0 aromatic heterocycles. The Kier molecular flexibility index (Phi) is 5.35. The van der Waals surface area contributed by atoms with Crippen molar-refractivity contribution in [2.45, 2.75) is 39.3 Å². The number of benzene rings is 1. The normalized spacial score (nSPS) is 13.2. The van der Waals surface area contributed by atoms with Crippen LogP contribution in [-0.2, 0) is 4.79 Å². The van der Waals surface area contributed by atoms with E-state index in [0.29, 0.717) is 17.3 Å². The Bertz CT molecular complexity index is 455. The molecule has 1 aromatic carbocycles. The molecule has 0 bridgehead atoms. The molecule has 0 saturated carbocycles. The molecule has 1 rings (SSSR count).